The highest BCUT2D eigenvalue weighted by Gasteiger charge is 2.33. The maximum absolute atomic E-state index is 6.02. The van der Waals surface area contributed by atoms with Gasteiger partial charge >= 0.3 is 0 Å². The topological polar surface area (TPSA) is 9.23 Å². The van der Waals surface area contributed by atoms with Crippen LogP contribution in [0.15, 0.2) is 30.3 Å². The van der Waals surface area contributed by atoms with Crippen molar-refractivity contribution in [3.8, 4) is 5.75 Å². The SMILES string of the molecule is CCCC1CCC(C(C)C2CCC(C(C)COc3ccccc3)CC2)CC1. The van der Waals surface area contributed by atoms with E-state index in [0.29, 0.717) is 5.92 Å². The minimum absolute atomic E-state index is 0.672. The van der Waals surface area contributed by atoms with Crippen molar-refractivity contribution in [1.29, 1.82) is 0 Å². The van der Waals surface area contributed by atoms with Crippen molar-refractivity contribution in [2.24, 2.45) is 35.5 Å². The summed E-state index contributed by atoms with van der Waals surface area (Å²) in [5.41, 5.74) is 0. The highest BCUT2D eigenvalue weighted by molar-refractivity contribution is 5.20. The molecular formula is C26H42O. The summed E-state index contributed by atoms with van der Waals surface area (Å²) in [5, 5.41) is 0. The Kier molecular flexibility index (Phi) is 8.09. The van der Waals surface area contributed by atoms with Crippen LogP contribution < -0.4 is 4.74 Å². The van der Waals surface area contributed by atoms with Crippen LogP contribution in [-0.2, 0) is 0 Å². The van der Waals surface area contributed by atoms with E-state index in [0.717, 1.165) is 41.9 Å². The van der Waals surface area contributed by atoms with Gasteiger partial charge in [0, 0.05) is 0 Å². The third kappa shape index (κ3) is 6.00. The van der Waals surface area contributed by atoms with Crippen LogP contribution >= 0.6 is 0 Å². The van der Waals surface area contributed by atoms with Crippen LogP contribution in [0.5, 0.6) is 5.75 Å². The zero-order valence-corrected chi connectivity index (χ0v) is 18.0. The van der Waals surface area contributed by atoms with E-state index in [9.17, 15) is 0 Å². The molecule has 3 rings (SSSR count). The maximum Gasteiger partial charge on any atom is 0.119 e. The first-order valence-electron chi connectivity index (χ1n) is 11.8. The van der Waals surface area contributed by atoms with Crippen LogP contribution in [0.2, 0.25) is 0 Å². The number of hydrogen-bond acceptors (Lipinski definition) is 1. The second kappa shape index (κ2) is 10.5. The Balaban J connectivity index is 1.38. The first-order valence-corrected chi connectivity index (χ1v) is 11.8. The molecule has 2 fully saturated rings. The second-order valence-electron chi connectivity index (χ2n) is 9.70. The van der Waals surface area contributed by atoms with Gasteiger partial charge in [-0.1, -0.05) is 64.7 Å². The van der Waals surface area contributed by atoms with Crippen molar-refractivity contribution in [3.63, 3.8) is 0 Å². The van der Waals surface area contributed by atoms with Crippen LogP contribution in [0.3, 0.4) is 0 Å². The third-order valence-electron chi connectivity index (χ3n) is 7.95. The second-order valence-corrected chi connectivity index (χ2v) is 9.70. The van der Waals surface area contributed by atoms with Gasteiger partial charge in [-0.25, -0.2) is 0 Å². The number of hydrogen-bond donors (Lipinski definition) is 0. The summed E-state index contributed by atoms with van der Waals surface area (Å²) >= 11 is 0. The van der Waals surface area contributed by atoms with Crippen LogP contribution in [0.1, 0.15) is 85.0 Å². The highest BCUT2D eigenvalue weighted by atomic mass is 16.5. The molecule has 0 radical (unpaired) electrons. The van der Waals surface area contributed by atoms with E-state index < -0.39 is 0 Å². The molecule has 1 nitrogen and oxygen atoms in total. The lowest BCUT2D eigenvalue weighted by atomic mass is 9.66. The van der Waals surface area contributed by atoms with Crippen molar-refractivity contribution < 1.29 is 4.74 Å². The number of benzene rings is 1. The average molecular weight is 371 g/mol. The van der Waals surface area contributed by atoms with Gasteiger partial charge in [-0.3, -0.25) is 0 Å². The molecular weight excluding hydrogens is 328 g/mol. The molecule has 1 aromatic rings. The van der Waals surface area contributed by atoms with Crippen LogP contribution in [0, 0.1) is 35.5 Å². The molecule has 0 spiro atoms. The Morgan fingerprint density at radius 1 is 0.815 bits per heavy atom. The molecule has 0 saturated heterocycles. The molecule has 0 heterocycles. The van der Waals surface area contributed by atoms with E-state index in [1.165, 1.54) is 64.2 Å². The van der Waals surface area contributed by atoms with Gasteiger partial charge in [0.15, 0.2) is 0 Å². The molecule has 0 N–H and O–H groups in total. The van der Waals surface area contributed by atoms with Crippen molar-refractivity contribution in [2.45, 2.75) is 85.0 Å². The van der Waals surface area contributed by atoms with Crippen LogP contribution in [-0.4, -0.2) is 6.61 Å². The maximum atomic E-state index is 6.02. The first kappa shape index (κ1) is 20.7. The predicted molar refractivity (Wildman–Crippen MR) is 116 cm³/mol. The van der Waals surface area contributed by atoms with Gasteiger partial charge in [-0.05, 0) is 86.2 Å². The quantitative estimate of drug-likeness (QED) is 0.454. The molecule has 2 aliphatic carbocycles. The number of rotatable bonds is 8. The van der Waals surface area contributed by atoms with E-state index in [4.69, 9.17) is 4.74 Å². The zero-order chi connectivity index (χ0) is 19.1. The molecule has 0 bridgehead atoms. The summed E-state index contributed by atoms with van der Waals surface area (Å²) in [7, 11) is 0. The normalized spacial score (nSPS) is 31.2. The summed E-state index contributed by atoms with van der Waals surface area (Å²) in [6.45, 7) is 8.19. The third-order valence-corrected chi connectivity index (χ3v) is 7.95. The largest absolute Gasteiger partial charge is 0.493 e. The first-order chi connectivity index (χ1) is 13.2. The Hall–Kier alpha value is -0.980. The Morgan fingerprint density at radius 3 is 1.96 bits per heavy atom. The molecule has 0 amide bonds. The van der Waals surface area contributed by atoms with Crippen LogP contribution in [0.4, 0.5) is 0 Å². The van der Waals surface area contributed by atoms with Crippen LogP contribution in [0.25, 0.3) is 0 Å². The Morgan fingerprint density at radius 2 is 1.37 bits per heavy atom. The van der Waals surface area contributed by atoms with E-state index in [-0.39, 0.29) is 0 Å². The van der Waals surface area contributed by atoms with Crippen molar-refractivity contribution >= 4 is 0 Å². The lowest BCUT2D eigenvalue weighted by Gasteiger charge is -2.40. The molecule has 1 aromatic carbocycles. The van der Waals surface area contributed by atoms with Gasteiger partial charge in [-0.2, -0.15) is 0 Å². The standard InChI is InChI=1S/C26H42O/c1-4-8-22-11-13-24(14-12-22)21(3)25-17-15-23(16-18-25)20(2)19-27-26-9-6-5-7-10-26/h5-7,9-10,20-25H,4,8,11-19H2,1-3H3. The Bertz CT molecular complexity index is 508. The zero-order valence-electron chi connectivity index (χ0n) is 18.0. The van der Waals surface area contributed by atoms with E-state index in [2.05, 4.69) is 51.1 Å². The Labute approximate surface area is 168 Å². The van der Waals surface area contributed by atoms with Gasteiger partial charge in [0.2, 0.25) is 0 Å². The lowest BCUT2D eigenvalue weighted by Crippen LogP contribution is -2.30. The summed E-state index contributed by atoms with van der Waals surface area (Å²) in [4.78, 5) is 0. The monoisotopic (exact) mass is 370 g/mol. The highest BCUT2D eigenvalue weighted by Crippen LogP contribution is 2.44. The molecule has 0 aromatic heterocycles. The van der Waals surface area contributed by atoms with E-state index in [1.807, 2.05) is 0 Å². The minimum atomic E-state index is 0.672. The molecule has 0 aliphatic heterocycles. The molecule has 2 atom stereocenters. The van der Waals surface area contributed by atoms with Gasteiger partial charge in [-0.15, -0.1) is 0 Å². The molecule has 2 saturated carbocycles. The molecule has 2 unspecified atom stereocenters. The molecule has 2 aliphatic rings. The van der Waals surface area contributed by atoms with Crippen molar-refractivity contribution in [3.05, 3.63) is 30.3 Å². The molecule has 152 valence electrons. The summed E-state index contributed by atoms with van der Waals surface area (Å²) < 4.78 is 6.02. The molecule has 27 heavy (non-hydrogen) atoms. The van der Waals surface area contributed by atoms with Gasteiger partial charge in [0.25, 0.3) is 0 Å². The van der Waals surface area contributed by atoms with Crippen molar-refractivity contribution in [2.75, 3.05) is 6.61 Å². The minimum Gasteiger partial charge on any atom is -0.493 e. The fourth-order valence-electron chi connectivity index (χ4n) is 5.92. The smallest absolute Gasteiger partial charge is 0.119 e. The summed E-state index contributed by atoms with van der Waals surface area (Å²) in [6.07, 6.45) is 14.6. The number of para-hydroxylation sites is 1. The molecule has 1 heteroatoms. The number of ether oxygens (including phenoxy) is 1. The van der Waals surface area contributed by atoms with Crippen molar-refractivity contribution in [1.82, 2.24) is 0 Å². The van der Waals surface area contributed by atoms with E-state index in [1.54, 1.807) is 0 Å². The van der Waals surface area contributed by atoms with Gasteiger partial charge in [0.1, 0.15) is 5.75 Å². The average Bonchev–Trinajstić information content (AvgIpc) is 2.73. The lowest BCUT2D eigenvalue weighted by molar-refractivity contribution is 0.0985. The predicted octanol–water partition coefficient (Wildman–Crippen LogP) is 7.75. The summed E-state index contributed by atoms with van der Waals surface area (Å²) in [6, 6.07) is 10.3. The van der Waals surface area contributed by atoms with Gasteiger partial charge in [0.05, 0.1) is 6.61 Å². The van der Waals surface area contributed by atoms with Gasteiger partial charge < -0.3 is 4.74 Å². The fourth-order valence-corrected chi connectivity index (χ4v) is 5.92. The summed E-state index contributed by atoms with van der Waals surface area (Å²) in [5.74, 6) is 6.53. The fraction of sp³-hybridized carbons (Fsp3) is 0.769. The van der Waals surface area contributed by atoms with E-state index >= 15 is 0 Å².